The molecule has 4 nitrogen and oxygen atoms in total. The number of aliphatic hydroxyl groups is 2. The second-order valence-electron chi connectivity index (χ2n) is 7.21. The number of hydrogen-bond donors (Lipinski definition) is 2. The molecule has 4 aromatic rings. The SMILES string of the molecule is OC(COc1cc(Cl)c(OCC(O)c2ccccc2)c2ccccc12)c1ccccc1. The number of fused-ring (bicyclic) bond motifs is 1. The molecule has 0 aliphatic rings. The Morgan fingerprint density at radius 3 is 1.71 bits per heavy atom. The summed E-state index contributed by atoms with van der Waals surface area (Å²) < 4.78 is 11.9. The van der Waals surface area contributed by atoms with Gasteiger partial charge >= 0.3 is 0 Å². The lowest BCUT2D eigenvalue weighted by Crippen LogP contribution is -2.11. The van der Waals surface area contributed by atoms with Gasteiger partial charge in [-0.3, -0.25) is 0 Å². The van der Waals surface area contributed by atoms with Crippen molar-refractivity contribution in [1.82, 2.24) is 0 Å². The van der Waals surface area contributed by atoms with Crippen LogP contribution in [0.1, 0.15) is 23.3 Å². The van der Waals surface area contributed by atoms with Gasteiger partial charge in [0.2, 0.25) is 0 Å². The van der Waals surface area contributed by atoms with Gasteiger partial charge in [0.1, 0.15) is 36.9 Å². The van der Waals surface area contributed by atoms with Crippen molar-refractivity contribution in [2.45, 2.75) is 12.2 Å². The zero-order valence-electron chi connectivity index (χ0n) is 16.8. The smallest absolute Gasteiger partial charge is 0.146 e. The van der Waals surface area contributed by atoms with Gasteiger partial charge in [0.25, 0.3) is 0 Å². The van der Waals surface area contributed by atoms with Gasteiger partial charge in [0, 0.05) is 16.8 Å². The van der Waals surface area contributed by atoms with Gasteiger partial charge in [-0.05, 0) is 11.1 Å². The van der Waals surface area contributed by atoms with Crippen LogP contribution in [-0.4, -0.2) is 23.4 Å². The quantitative estimate of drug-likeness (QED) is 0.372. The molecule has 0 aliphatic heterocycles. The van der Waals surface area contributed by atoms with E-state index in [1.54, 1.807) is 6.07 Å². The molecule has 4 aromatic carbocycles. The minimum Gasteiger partial charge on any atom is -0.490 e. The first-order valence-corrected chi connectivity index (χ1v) is 10.4. The Labute approximate surface area is 186 Å². The lowest BCUT2D eigenvalue weighted by Gasteiger charge is -2.18. The van der Waals surface area contributed by atoms with Gasteiger partial charge in [-0.1, -0.05) is 96.5 Å². The van der Waals surface area contributed by atoms with Crippen molar-refractivity contribution in [3.8, 4) is 11.5 Å². The highest BCUT2D eigenvalue weighted by molar-refractivity contribution is 6.33. The van der Waals surface area contributed by atoms with Crippen LogP contribution in [-0.2, 0) is 0 Å². The number of aliphatic hydroxyl groups excluding tert-OH is 2. The van der Waals surface area contributed by atoms with Crippen molar-refractivity contribution in [3.05, 3.63) is 107 Å². The topological polar surface area (TPSA) is 58.9 Å². The maximum atomic E-state index is 10.4. The summed E-state index contributed by atoms with van der Waals surface area (Å²) >= 11 is 6.52. The fourth-order valence-corrected chi connectivity index (χ4v) is 3.68. The standard InChI is InChI=1S/C26H23ClO4/c27-22-15-25(30-16-23(28)18-9-3-1-4-10-18)20-13-7-8-14-21(20)26(22)31-17-24(29)19-11-5-2-6-12-19/h1-15,23-24,28-29H,16-17H2. The fourth-order valence-electron chi connectivity index (χ4n) is 3.42. The third kappa shape index (κ3) is 5.00. The summed E-state index contributed by atoms with van der Waals surface area (Å²) in [7, 11) is 0. The molecule has 0 amide bonds. The monoisotopic (exact) mass is 434 g/mol. The minimum atomic E-state index is -0.770. The van der Waals surface area contributed by atoms with Gasteiger partial charge in [0.15, 0.2) is 0 Å². The number of ether oxygens (including phenoxy) is 2. The van der Waals surface area contributed by atoms with Crippen LogP contribution >= 0.6 is 11.6 Å². The van der Waals surface area contributed by atoms with E-state index in [0.29, 0.717) is 16.5 Å². The van der Waals surface area contributed by atoms with E-state index in [2.05, 4.69) is 0 Å². The zero-order chi connectivity index (χ0) is 21.6. The van der Waals surface area contributed by atoms with E-state index in [-0.39, 0.29) is 13.2 Å². The van der Waals surface area contributed by atoms with Crippen molar-refractivity contribution in [2.75, 3.05) is 13.2 Å². The molecule has 0 heterocycles. The normalized spacial score (nSPS) is 13.0. The van der Waals surface area contributed by atoms with Crippen LogP contribution in [0.15, 0.2) is 91.0 Å². The largest absolute Gasteiger partial charge is 0.490 e. The molecule has 0 aromatic heterocycles. The molecule has 2 atom stereocenters. The van der Waals surface area contributed by atoms with Crippen LogP contribution in [0.25, 0.3) is 10.8 Å². The third-order valence-corrected chi connectivity index (χ3v) is 5.34. The molecule has 158 valence electrons. The van der Waals surface area contributed by atoms with Gasteiger partial charge < -0.3 is 19.7 Å². The van der Waals surface area contributed by atoms with Gasteiger partial charge in [-0.15, -0.1) is 0 Å². The van der Waals surface area contributed by atoms with Gasteiger partial charge in [-0.25, -0.2) is 0 Å². The lowest BCUT2D eigenvalue weighted by atomic mass is 10.1. The van der Waals surface area contributed by atoms with Crippen LogP contribution in [0.2, 0.25) is 5.02 Å². The van der Waals surface area contributed by atoms with E-state index >= 15 is 0 Å². The zero-order valence-corrected chi connectivity index (χ0v) is 17.6. The maximum absolute atomic E-state index is 10.4. The second-order valence-corrected chi connectivity index (χ2v) is 7.61. The molecule has 2 unspecified atom stereocenters. The predicted molar refractivity (Wildman–Crippen MR) is 123 cm³/mol. The first-order chi connectivity index (χ1) is 15.1. The second kappa shape index (κ2) is 9.84. The summed E-state index contributed by atoms with van der Waals surface area (Å²) in [5.41, 5.74) is 1.56. The molecule has 5 heteroatoms. The van der Waals surface area contributed by atoms with E-state index in [4.69, 9.17) is 21.1 Å². The molecule has 31 heavy (non-hydrogen) atoms. The van der Waals surface area contributed by atoms with E-state index in [1.807, 2.05) is 84.9 Å². The van der Waals surface area contributed by atoms with Crippen LogP contribution < -0.4 is 9.47 Å². The summed E-state index contributed by atoms with van der Waals surface area (Å²) in [5, 5.41) is 22.8. The summed E-state index contributed by atoms with van der Waals surface area (Å²) in [6.07, 6.45) is -1.52. The summed E-state index contributed by atoms with van der Waals surface area (Å²) in [6, 6.07) is 28.0. The highest BCUT2D eigenvalue weighted by atomic mass is 35.5. The van der Waals surface area contributed by atoms with Gasteiger partial charge in [0.05, 0.1) is 5.02 Å². The number of rotatable bonds is 8. The van der Waals surface area contributed by atoms with E-state index in [0.717, 1.165) is 21.9 Å². The van der Waals surface area contributed by atoms with E-state index in [1.165, 1.54) is 0 Å². The highest BCUT2D eigenvalue weighted by Gasteiger charge is 2.17. The van der Waals surface area contributed by atoms with Crippen LogP contribution in [0.5, 0.6) is 11.5 Å². The van der Waals surface area contributed by atoms with E-state index < -0.39 is 12.2 Å². The molecule has 0 saturated carbocycles. The first-order valence-electron chi connectivity index (χ1n) is 10.1. The minimum absolute atomic E-state index is 0.0701. The summed E-state index contributed by atoms with van der Waals surface area (Å²) in [4.78, 5) is 0. The summed E-state index contributed by atoms with van der Waals surface area (Å²) in [5.74, 6) is 1.05. The molecule has 0 bridgehead atoms. The molecule has 0 saturated heterocycles. The average molecular weight is 435 g/mol. The maximum Gasteiger partial charge on any atom is 0.146 e. The molecule has 0 radical (unpaired) electrons. The number of hydrogen-bond acceptors (Lipinski definition) is 4. The molecule has 0 aliphatic carbocycles. The van der Waals surface area contributed by atoms with Crippen molar-refractivity contribution < 1.29 is 19.7 Å². The number of halogens is 1. The Hall–Kier alpha value is -3.05. The van der Waals surface area contributed by atoms with Crippen molar-refractivity contribution in [2.24, 2.45) is 0 Å². The molecular formula is C26H23ClO4. The Morgan fingerprint density at radius 1 is 0.645 bits per heavy atom. The van der Waals surface area contributed by atoms with Crippen LogP contribution in [0, 0.1) is 0 Å². The molecule has 4 rings (SSSR count). The first kappa shape index (κ1) is 21.2. The molecule has 0 fully saturated rings. The predicted octanol–water partition coefficient (Wildman–Crippen LogP) is 5.72. The van der Waals surface area contributed by atoms with Crippen LogP contribution in [0.4, 0.5) is 0 Å². The number of benzene rings is 4. The molecule has 2 N–H and O–H groups in total. The average Bonchev–Trinajstić information content (AvgIpc) is 2.82. The highest BCUT2D eigenvalue weighted by Crippen LogP contribution is 2.40. The molecular weight excluding hydrogens is 412 g/mol. The van der Waals surface area contributed by atoms with Crippen molar-refractivity contribution >= 4 is 22.4 Å². The Kier molecular flexibility index (Phi) is 6.73. The Balaban J connectivity index is 1.54. The summed E-state index contributed by atoms with van der Waals surface area (Å²) in [6.45, 7) is 0.165. The Bertz CT molecular complexity index is 1130. The van der Waals surface area contributed by atoms with Gasteiger partial charge in [-0.2, -0.15) is 0 Å². The Morgan fingerprint density at radius 2 is 1.13 bits per heavy atom. The van der Waals surface area contributed by atoms with E-state index in [9.17, 15) is 10.2 Å². The lowest BCUT2D eigenvalue weighted by molar-refractivity contribution is 0.107. The third-order valence-electron chi connectivity index (χ3n) is 5.06. The van der Waals surface area contributed by atoms with Crippen molar-refractivity contribution in [1.29, 1.82) is 0 Å². The molecule has 0 spiro atoms. The van der Waals surface area contributed by atoms with Crippen molar-refractivity contribution in [3.63, 3.8) is 0 Å². The van der Waals surface area contributed by atoms with Crippen LogP contribution in [0.3, 0.4) is 0 Å². The fraction of sp³-hybridized carbons (Fsp3) is 0.154.